The van der Waals surface area contributed by atoms with Crippen molar-refractivity contribution in [2.75, 3.05) is 0 Å². The Morgan fingerprint density at radius 2 is 0.667 bits per heavy atom. The van der Waals surface area contributed by atoms with Crippen LogP contribution in [0.1, 0.15) is 5.56 Å². The lowest BCUT2D eigenvalue weighted by Gasteiger charge is -2.20. The van der Waals surface area contributed by atoms with Crippen molar-refractivity contribution in [1.82, 2.24) is 0 Å². The summed E-state index contributed by atoms with van der Waals surface area (Å²) in [6, 6.07) is 63.9. The van der Waals surface area contributed by atoms with Crippen molar-refractivity contribution >= 4 is 21.5 Å². The van der Waals surface area contributed by atoms with Gasteiger partial charge in [-0.3, -0.25) is 0 Å². The van der Waals surface area contributed by atoms with Crippen molar-refractivity contribution in [2.45, 2.75) is 6.92 Å². The first-order chi connectivity index (χ1) is 22.3. The van der Waals surface area contributed by atoms with Gasteiger partial charge in [0.05, 0.1) is 0 Å². The smallest absolute Gasteiger partial charge is 0.00201 e. The molecule has 0 radical (unpaired) electrons. The molecule has 0 nitrogen and oxygen atoms in total. The van der Waals surface area contributed by atoms with Gasteiger partial charge in [-0.25, -0.2) is 0 Å². The summed E-state index contributed by atoms with van der Waals surface area (Å²) in [5, 5.41) is 5.11. The van der Waals surface area contributed by atoms with Gasteiger partial charge < -0.3 is 0 Å². The molecule has 0 aromatic heterocycles. The van der Waals surface area contributed by atoms with E-state index in [9.17, 15) is 0 Å². The topological polar surface area (TPSA) is 0 Å². The minimum absolute atomic E-state index is 1.21. The fourth-order valence-electron chi connectivity index (χ4n) is 6.87. The van der Waals surface area contributed by atoms with Crippen molar-refractivity contribution in [3.8, 4) is 55.6 Å². The molecule has 0 atom stereocenters. The van der Waals surface area contributed by atoms with E-state index in [2.05, 4.69) is 183 Å². The van der Waals surface area contributed by atoms with Crippen molar-refractivity contribution in [1.29, 1.82) is 0 Å². The summed E-state index contributed by atoms with van der Waals surface area (Å²) in [4.78, 5) is 0. The van der Waals surface area contributed by atoms with E-state index in [1.54, 1.807) is 0 Å². The summed E-state index contributed by atoms with van der Waals surface area (Å²) in [6.45, 7) is 2.21. The molecule has 0 fully saturated rings. The van der Waals surface area contributed by atoms with Gasteiger partial charge in [-0.15, -0.1) is 0 Å². The Morgan fingerprint density at radius 1 is 0.267 bits per heavy atom. The molecule has 212 valence electrons. The highest BCUT2D eigenvalue weighted by Crippen LogP contribution is 2.46. The van der Waals surface area contributed by atoms with Crippen molar-refractivity contribution in [3.63, 3.8) is 0 Å². The van der Waals surface area contributed by atoms with E-state index in [-0.39, 0.29) is 0 Å². The molecular weight excluding hydrogens is 540 g/mol. The second-order valence-electron chi connectivity index (χ2n) is 11.7. The fourth-order valence-corrected chi connectivity index (χ4v) is 6.87. The van der Waals surface area contributed by atoms with Gasteiger partial charge in [-0.05, 0) is 95.7 Å². The molecule has 0 heterocycles. The van der Waals surface area contributed by atoms with Gasteiger partial charge in [0, 0.05) is 0 Å². The van der Waals surface area contributed by atoms with Crippen LogP contribution in [0.2, 0.25) is 0 Å². The van der Waals surface area contributed by atoms with Crippen LogP contribution in [-0.4, -0.2) is 0 Å². The zero-order valence-electron chi connectivity index (χ0n) is 25.2. The van der Waals surface area contributed by atoms with E-state index in [1.165, 1.54) is 82.7 Å². The van der Waals surface area contributed by atoms with Crippen LogP contribution in [0.5, 0.6) is 0 Å². The number of rotatable bonds is 5. The molecular formula is C45H32. The first-order valence-corrected chi connectivity index (χ1v) is 15.6. The average Bonchev–Trinajstić information content (AvgIpc) is 3.11. The molecule has 0 saturated heterocycles. The maximum atomic E-state index is 2.34. The number of hydrogen-bond donors (Lipinski definition) is 0. The maximum absolute atomic E-state index is 2.34. The Balaban J connectivity index is 1.31. The molecule has 0 bridgehead atoms. The van der Waals surface area contributed by atoms with Crippen LogP contribution in [0, 0.1) is 6.92 Å². The molecule has 0 spiro atoms. The van der Waals surface area contributed by atoms with Crippen molar-refractivity contribution < 1.29 is 0 Å². The third-order valence-electron chi connectivity index (χ3n) is 9.04. The third kappa shape index (κ3) is 4.82. The summed E-state index contributed by atoms with van der Waals surface area (Å²) in [5.41, 5.74) is 13.8. The first kappa shape index (κ1) is 26.9. The van der Waals surface area contributed by atoms with E-state index in [0.717, 1.165) is 0 Å². The highest BCUT2D eigenvalue weighted by molar-refractivity contribution is 6.22. The van der Waals surface area contributed by atoms with Gasteiger partial charge in [-0.1, -0.05) is 170 Å². The van der Waals surface area contributed by atoms with Gasteiger partial charge in [-0.2, -0.15) is 0 Å². The van der Waals surface area contributed by atoms with Gasteiger partial charge in [0.2, 0.25) is 0 Å². The lowest BCUT2D eigenvalue weighted by Crippen LogP contribution is -1.93. The van der Waals surface area contributed by atoms with Crippen LogP contribution >= 0.6 is 0 Å². The molecule has 0 aliphatic carbocycles. The molecule has 0 aliphatic heterocycles. The van der Waals surface area contributed by atoms with Gasteiger partial charge >= 0.3 is 0 Å². The lowest BCUT2D eigenvalue weighted by molar-refractivity contribution is 1.47. The van der Waals surface area contributed by atoms with Gasteiger partial charge in [0.15, 0.2) is 0 Å². The predicted octanol–water partition coefficient (Wildman–Crippen LogP) is 12.6. The number of benzene rings is 8. The van der Waals surface area contributed by atoms with E-state index < -0.39 is 0 Å². The molecule has 0 heteroatoms. The third-order valence-corrected chi connectivity index (χ3v) is 9.04. The minimum Gasteiger partial charge on any atom is -0.0622 e. The molecule has 8 rings (SSSR count). The fraction of sp³-hybridized carbons (Fsp3) is 0.0222. The predicted molar refractivity (Wildman–Crippen MR) is 193 cm³/mol. The van der Waals surface area contributed by atoms with E-state index in [4.69, 9.17) is 0 Å². The second-order valence-corrected chi connectivity index (χ2v) is 11.7. The van der Waals surface area contributed by atoms with Crippen LogP contribution in [0.3, 0.4) is 0 Å². The standard InChI is InChI=1S/C45H32/c1-31-14-5-6-19-37(31)44-40-22-9-11-24-42(40)45(43-25-12-10-23-41(43)44)39-21-8-7-20-38(39)36-18-13-17-35(30-36)34-28-26-33(27-29-34)32-15-3-2-4-16-32/h2-30H,1H3. The molecule has 0 N–H and O–H groups in total. The molecule has 0 unspecified atom stereocenters. The van der Waals surface area contributed by atoms with Crippen LogP contribution in [-0.2, 0) is 0 Å². The van der Waals surface area contributed by atoms with E-state index in [0.29, 0.717) is 0 Å². The second kappa shape index (κ2) is 11.4. The van der Waals surface area contributed by atoms with Crippen LogP contribution < -0.4 is 0 Å². The van der Waals surface area contributed by atoms with E-state index >= 15 is 0 Å². The van der Waals surface area contributed by atoms with Crippen molar-refractivity contribution in [2.24, 2.45) is 0 Å². The number of fused-ring (bicyclic) bond motifs is 2. The minimum atomic E-state index is 1.21. The molecule has 0 aliphatic rings. The summed E-state index contributed by atoms with van der Waals surface area (Å²) in [5.74, 6) is 0. The highest BCUT2D eigenvalue weighted by atomic mass is 14.2. The summed E-state index contributed by atoms with van der Waals surface area (Å²) < 4.78 is 0. The maximum Gasteiger partial charge on any atom is -0.00201 e. The van der Waals surface area contributed by atoms with Crippen LogP contribution in [0.25, 0.3) is 77.2 Å². The first-order valence-electron chi connectivity index (χ1n) is 15.6. The summed E-state index contributed by atoms with van der Waals surface area (Å²) in [6.07, 6.45) is 0. The quantitative estimate of drug-likeness (QED) is 0.180. The Kier molecular flexibility index (Phi) is 6.81. The summed E-state index contributed by atoms with van der Waals surface area (Å²) >= 11 is 0. The van der Waals surface area contributed by atoms with Crippen LogP contribution in [0.15, 0.2) is 176 Å². The largest absolute Gasteiger partial charge is 0.0622 e. The van der Waals surface area contributed by atoms with Crippen LogP contribution in [0.4, 0.5) is 0 Å². The Hall–Kier alpha value is -5.72. The zero-order chi connectivity index (χ0) is 30.2. The Morgan fingerprint density at radius 3 is 1.27 bits per heavy atom. The Bertz CT molecular complexity index is 2250. The average molecular weight is 573 g/mol. The molecule has 8 aromatic rings. The molecule has 45 heavy (non-hydrogen) atoms. The molecule has 8 aromatic carbocycles. The molecule has 0 saturated carbocycles. The van der Waals surface area contributed by atoms with Gasteiger partial charge in [0.1, 0.15) is 0 Å². The summed E-state index contributed by atoms with van der Waals surface area (Å²) in [7, 11) is 0. The number of hydrogen-bond acceptors (Lipinski definition) is 0. The Labute approximate surface area is 264 Å². The number of aryl methyl sites for hydroxylation is 1. The normalized spacial score (nSPS) is 11.2. The molecule has 0 amide bonds. The monoisotopic (exact) mass is 572 g/mol. The van der Waals surface area contributed by atoms with Gasteiger partial charge in [0.25, 0.3) is 0 Å². The van der Waals surface area contributed by atoms with E-state index in [1.807, 2.05) is 0 Å². The zero-order valence-corrected chi connectivity index (χ0v) is 25.2. The lowest BCUT2D eigenvalue weighted by atomic mass is 9.83. The van der Waals surface area contributed by atoms with Crippen molar-refractivity contribution in [3.05, 3.63) is 181 Å². The highest BCUT2D eigenvalue weighted by Gasteiger charge is 2.19. The SMILES string of the molecule is Cc1ccccc1-c1c2ccccc2c(-c2ccccc2-c2cccc(-c3ccc(-c4ccccc4)cc3)c2)c2ccccc12.